The van der Waals surface area contributed by atoms with Crippen molar-refractivity contribution in [3.8, 4) is 0 Å². The summed E-state index contributed by atoms with van der Waals surface area (Å²) >= 11 is 6.72. The first-order valence-corrected chi connectivity index (χ1v) is 7.20. The minimum absolute atomic E-state index is 0.0195. The Morgan fingerprint density at radius 2 is 1.53 bits per heavy atom. The highest BCUT2D eigenvalue weighted by atomic mass is 79.9. The van der Waals surface area contributed by atoms with Crippen molar-refractivity contribution in [3.63, 3.8) is 0 Å². The Labute approximate surface area is 127 Å². The minimum atomic E-state index is -0.565. The van der Waals surface area contributed by atoms with Crippen molar-refractivity contribution in [1.29, 1.82) is 0 Å². The van der Waals surface area contributed by atoms with Gasteiger partial charge in [0, 0.05) is 20.6 Å². The molecule has 0 aliphatic rings. The average molecular weight is 391 g/mol. The Balaban J connectivity index is 2.28. The van der Waals surface area contributed by atoms with Gasteiger partial charge < -0.3 is 5.73 Å². The van der Waals surface area contributed by atoms with Gasteiger partial charge in [-0.15, -0.1) is 0 Å². The second-order valence-corrected chi connectivity index (χ2v) is 6.04. The van der Waals surface area contributed by atoms with Gasteiger partial charge >= 0.3 is 0 Å². The lowest BCUT2D eigenvalue weighted by Crippen LogP contribution is -2.15. The zero-order valence-corrected chi connectivity index (χ0v) is 13.0. The average Bonchev–Trinajstić information content (AvgIpc) is 2.32. The lowest BCUT2D eigenvalue weighted by Gasteiger charge is -2.14. The molecule has 0 aliphatic carbocycles. The van der Waals surface area contributed by atoms with Crippen molar-refractivity contribution in [2.75, 3.05) is 0 Å². The van der Waals surface area contributed by atoms with E-state index in [1.807, 2.05) is 18.2 Å². The van der Waals surface area contributed by atoms with E-state index in [-0.39, 0.29) is 12.0 Å². The van der Waals surface area contributed by atoms with Crippen LogP contribution in [0.5, 0.6) is 0 Å². The molecule has 0 saturated carbocycles. The molecule has 0 amide bonds. The summed E-state index contributed by atoms with van der Waals surface area (Å²) in [6, 6.07) is 8.90. The number of nitrogens with two attached hydrogens (primary N) is 1. The van der Waals surface area contributed by atoms with Crippen molar-refractivity contribution in [3.05, 3.63) is 68.1 Å². The second-order valence-electron chi connectivity index (χ2n) is 4.21. The molecule has 0 bridgehead atoms. The first kappa shape index (κ1) is 14.6. The molecule has 2 rings (SSSR count). The van der Waals surface area contributed by atoms with Gasteiger partial charge in [-0.05, 0) is 42.3 Å². The van der Waals surface area contributed by atoms with Gasteiger partial charge in [-0.1, -0.05) is 37.9 Å². The van der Waals surface area contributed by atoms with Crippen molar-refractivity contribution in [2.45, 2.75) is 12.5 Å². The van der Waals surface area contributed by atoms with Gasteiger partial charge in [-0.3, -0.25) is 0 Å². The summed E-state index contributed by atoms with van der Waals surface area (Å²) in [7, 11) is 0. The number of benzene rings is 2. The van der Waals surface area contributed by atoms with E-state index in [4.69, 9.17) is 5.73 Å². The second kappa shape index (κ2) is 6.11. The third-order valence-corrected chi connectivity index (χ3v) is 3.71. The summed E-state index contributed by atoms with van der Waals surface area (Å²) in [5, 5.41) is 0. The molecule has 0 radical (unpaired) electrons. The monoisotopic (exact) mass is 389 g/mol. The maximum atomic E-state index is 13.6. The predicted octanol–water partition coefficient (Wildman–Crippen LogP) is 4.73. The highest BCUT2D eigenvalue weighted by Crippen LogP contribution is 2.26. The molecule has 2 aromatic carbocycles. The van der Waals surface area contributed by atoms with E-state index in [0.29, 0.717) is 0 Å². The van der Waals surface area contributed by atoms with E-state index in [1.165, 1.54) is 18.2 Å². The van der Waals surface area contributed by atoms with Gasteiger partial charge in [0.2, 0.25) is 0 Å². The molecule has 0 aliphatic heterocycles. The van der Waals surface area contributed by atoms with Gasteiger partial charge in [-0.2, -0.15) is 0 Å². The maximum absolute atomic E-state index is 13.6. The fraction of sp³-hybridized carbons (Fsp3) is 0.143. The van der Waals surface area contributed by atoms with E-state index in [1.54, 1.807) is 0 Å². The fourth-order valence-electron chi connectivity index (χ4n) is 1.85. The standard InChI is InChI=1S/C14H11Br2F2N/c15-9-4-8(5-10(16)6-9)14(19)7-11-12(17)2-1-3-13(11)18/h1-6,14H,7,19H2. The van der Waals surface area contributed by atoms with Crippen LogP contribution in [0, 0.1) is 11.6 Å². The molecule has 0 saturated heterocycles. The van der Waals surface area contributed by atoms with Crippen LogP contribution in [0.4, 0.5) is 8.78 Å². The van der Waals surface area contributed by atoms with Crippen LogP contribution in [0.25, 0.3) is 0 Å². The zero-order valence-electron chi connectivity index (χ0n) is 9.84. The highest BCUT2D eigenvalue weighted by Gasteiger charge is 2.15. The Kier molecular flexibility index (Phi) is 4.71. The van der Waals surface area contributed by atoms with Gasteiger partial charge in [0.1, 0.15) is 11.6 Å². The largest absolute Gasteiger partial charge is 0.324 e. The molecular formula is C14H11Br2F2N. The summed E-state index contributed by atoms with van der Waals surface area (Å²) in [6.45, 7) is 0. The van der Waals surface area contributed by atoms with E-state index >= 15 is 0 Å². The van der Waals surface area contributed by atoms with Crippen LogP contribution in [0.15, 0.2) is 45.3 Å². The van der Waals surface area contributed by atoms with Gasteiger partial charge in [0.25, 0.3) is 0 Å². The maximum Gasteiger partial charge on any atom is 0.129 e. The Morgan fingerprint density at radius 1 is 1.00 bits per heavy atom. The fourth-order valence-corrected chi connectivity index (χ4v) is 3.18. The van der Waals surface area contributed by atoms with Crippen LogP contribution in [0.2, 0.25) is 0 Å². The normalized spacial score (nSPS) is 12.5. The quantitative estimate of drug-likeness (QED) is 0.805. The highest BCUT2D eigenvalue weighted by molar-refractivity contribution is 9.11. The number of rotatable bonds is 3. The third kappa shape index (κ3) is 3.61. The van der Waals surface area contributed by atoms with E-state index in [2.05, 4.69) is 31.9 Å². The van der Waals surface area contributed by atoms with E-state index in [0.717, 1.165) is 14.5 Å². The van der Waals surface area contributed by atoms with Gasteiger partial charge in [0.05, 0.1) is 0 Å². The van der Waals surface area contributed by atoms with Crippen LogP contribution in [0.1, 0.15) is 17.2 Å². The summed E-state index contributed by atoms with van der Waals surface area (Å²) in [5.74, 6) is -1.13. The van der Waals surface area contributed by atoms with Crippen molar-refractivity contribution in [1.82, 2.24) is 0 Å². The first-order valence-electron chi connectivity index (χ1n) is 5.62. The molecule has 0 heterocycles. The van der Waals surface area contributed by atoms with Crippen LogP contribution >= 0.6 is 31.9 Å². The topological polar surface area (TPSA) is 26.0 Å². The molecule has 19 heavy (non-hydrogen) atoms. The Hall–Kier alpha value is -0.780. The van der Waals surface area contributed by atoms with Gasteiger partial charge in [-0.25, -0.2) is 8.78 Å². The SMILES string of the molecule is NC(Cc1c(F)cccc1F)c1cc(Br)cc(Br)c1. The molecule has 0 aromatic heterocycles. The predicted molar refractivity (Wildman–Crippen MR) is 78.8 cm³/mol. The lowest BCUT2D eigenvalue weighted by molar-refractivity contribution is 0.540. The smallest absolute Gasteiger partial charge is 0.129 e. The minimum Gasteiger partial charge on any atom is -0.324 e. The summed E-state index contributed by atoms with van der Waals surface area (Å²) < 4.78 is 28.9. The molecule has 1 atom stereocenters. The van der Waals surface area contributed by atoms with Gasteiger partial charge in [0.15, 0.2) is 0 Å². The first-order chi connectivity index (χ1) is 8.97. The number of hydrogen-bond acceptors (Lipinski definition) is 1. The van der Waals surface area contributed by atoms with Crippen LogP contribution in [-0.4, -0.2) is 0 Å². The molecular weight excluding hydrogens is 380 g/mol. The Bertz CT molecular complexity index is 561. The number of hydrogen-bond donors (Lipinski definition) is 1. The number of halogens is 4. The molecule has 2 N–H and O–H groups in total. The molecule has 0 fully saturated rings. The third-order valence-electron chi connectivity index (χ3n) is 2.80. The molecule has 1 nitrogen and oxygen atoms in total. The zero-order chi connectivity index (χ0) is 14.0. The van der Waals surface area contributed by atoms with E-state index in [9.17, 15) is 8.78 Å². The van der Waals surface area contributed by atoms with Crippen molar-refractivity contribution in [2.24, 2.45) is 5.73 Å². The Morgan fingerprint density at radius 3 is 2.05 bits per heavy atom. The summed E-state index contributed by atoms with van der Waals surface area (Å²) in [4.78, 5) is 0. The molecule has 5 heteroatoms. The van der Waals surface area contributed by atoms with Crippen LogP contribution in [0.3, 0.4) is 0 Å². The van der Waals surface area contributed by atoms with Crippen molar-refractivity contribution < 1.29 is 8.78 Å². The lowest BCUT2D eigenvalue weighted by atomic mass is 9.99. The molecule has 1 unspecified atom stereocenters. The summed E-state index contributed by atoms with van der Waals surface area (Å²) in [6.07, 6.45) is 0.112. The van der Waals surface area contributed by atoms with Crippen LogP contribution in [-0.2, 0) is 6.42 Å². The van der Waals surface area contributed by atoms with Crippen molar-refractivity contribution >= 4 is 31.9 Å². The molecule has 100 valence electrons. The molecule has 2 aromatic rings. The molecule has 0 spiro atoms. The van der Waals surface area contributed by atoms with E-state index < -0.39 is 17.7 Å². The summed E-state index contributed by atoms with van der Waals surface area (Å²) in [5.41, 5.74) is 6.86. The van der Waals surface area contributed by atoms with Crippen LogP contribution < -0.4 is 5.73 Å².